The lowest BCUT2D eigenvalue weighted by atomic mass is 9.87. The van der Waals surface area contributed by atoms with Crippen molar-refractivity contribution in [2.75, 3.05) is 33.2 Å². The van der Waals surface area contributed by atoms with Crippen LogP contribution in [0.3, 0.4) is 0 Å². The molecule has 2 fully saturated rings. The number of sulfonamides is 1. The van der Waals surface area contributed by atoms with Crippen molar-refractivity contribution in [3.63, 3.8) is 0 Å². The summed E-state index contributed by atoms with van der Waals surface area (Å²) < 4.78 is 27.7. The fourth-order valence-corrected chi connectivity index (χ4v) is 6.61. The van der Waals surface area contributed by atoms with E-state index in [1.165, 1.54) is 11.3 Å². The highest BCUT2D eigenvalue weighted by Gasteiger charge is 2.46. The third kappa shape index (κ3) is 2.32. The minimum Gasteiger partial charge on any atom is -0.306 e. The van der Waals surface area contributed by atoms with Crippen molar-refractivity contribution in [3.05, 3.63) is 16.5 Å². The molecule has 0 radical (unpaired) electrons. The summed E-state index contributed by atoms with van der Waals surface area (Å²) in [5, 5.41) is 0. The van der Waals surface area contributed by atoms with E-state index in [1.807, 2.05) is 19.9 Å². The molecule has 3 rings (SSSR count). The number of thiophene rings is 1. The maximum Gasteiger partial charge on any atom is 0.252 e. The van der Waals surface area contributed by atoms with Gasteiger partial charge in [0.2, 0.25) is 0 Å². The Kier molecular flexibility index (Phi) is 3.48. The summed E-state index contributed by atoms with van der Waals surface area (Å²) in [4.78, 5) is 3.41. The molecular formula is C14H22N2O2S2. The van der Waals surface area contributed by atoms with Gasteiger partial charge in [0.15, 0.2) is 0 Å². The van der Waals surface area contributed by atoms with E-state index < -0.39 is 10.0 Å². The van der Waals surface area contributed by atoms with E-state index >= 15 is 0 Å². The lowest BCUT2D eigenvalue weighted by Crippen LogP contribution is -2.33. The molecule has 0 aromatic carbocycles. The van der Waals surface area contributed by atoms with Gasteiger partial charge in [0.05, 0.1) is 0 Å². The molecular weight excluding hydrogens is 292 g/mol. The second-order valence-corrected chi connectivity index (χ2v) is 9.80. The van der Waals surface area contributed by atoms with E-state index in [1.54, 1.807) is 4.31 Å². The van der Waals surface area contributed by atoms with Crippen molar-refractivity contribution in [1.29, 1.82) is 0 Å². The molecule has 1 atom stereocenters. The van der Waals surface area contributed by atoms with Crippen molar-refractivity contribution in [3.8, 4) is 0 Å². The predicted octanol–water partition coefficient (Wildman–Crippen LogP) is 2.08. The first-order valence-electron chi connectivity index (χ1n) is 7.08. The standard InChI is InChI=1S/C14H22N2O2S2/c1-11-8-13(19-12(11)2)20(17,18)16-7-5-14(10-16)4-6-15(3)9-14/h8H,4-7,9-10H2,1-3H3. The molecule has 1 aromatic heterocycles. The number of rotatable bonds is 2. The number of likely N-dealkylation sites (tertiary alicyclic amines) is 1. The molecule has 0 amide bonds. The summed E-state index contributed by atoms with van der Waals surface area (Å²) in [6.45, 7) is 7.44. The van der Waals surface area contributed by atoms with Gasteiger partial charge < -0.3 is 4.90 Å². The second-order valence-electron chi connectivity index (χ2n) is 6.38. The first kappa shape index (κ1) is 14.5. The fourth-order valence-electron chi connectivity index (χ4n) is 3.38. The van der Waals surface area contributed by atoms with Gasteiger partial charge in [-0.2, -0.15) is 4.31 Å². The summed E-state index contributed by atoms with van der Waals surface area (Å²) in [5.74, 6) is 0. The molecule has 20 heavy (non-hydrogen) atoms. The van der Waals surface area contributed by atoms with Crippen molar-refractivity contribution in [2.45, 2.75) is 30.9 Å². The van der Waals surface area contributed by atoms with Gasteiger partial charge in [0.25, 0.3) is 10.0 Å². The van der Waals surface area contributed by atoms with Crippen LogP contribution in [0.1, 0.15) is 23.3 Å². The molecule has 2 aliphatic rings. The average Bonchev–Trinajstić information content (AvgIpc) is 3.04. The van der Waals surface area contributed by atoms with Crippen LogP contribution in [0, 0.1) is 19.3 Å². The zero-order chi connectivity index (χ0) is 14.5. The van der Waals surface area contributed by atoms with E-state index in [0.717, 1.165) is 36.4 Å². The quantitative estimate of drug-likeness (QED) is 0.839. The van der Waals surface area contributed by atoms with Crippen LogP contribution in [-0.4, -0.2) is 50.8 Å². The number of aryl methyl sites for hydroxylation is 2. The topological polar surface area (TPSA) is 40.6 Å². The van der Waals surface area contributed by atoms with Crippen LogP contribution in [-0.2, 0) is 10.0 Å². The van der Waals surface area contributed by atoms with E-state index in [9.17, 15) is 8.42 Å². The average molecular weight is 314 g/mol. The van der Waals surface area contributed by atoms with Gasteiger partial charge in [-0.05, 0) is 57.3 Å². The van der Waals surface area contributed by atoms with E-state index in [-0.39, 0.29) is 5.41 Å². The van der Waals surface area contributed by atoms with Crippen molar-refractivity contribution >= 4 is 21.4 Å². The van der Waals surface area contributed by atoms with Crippen LogP contribution in [0.25, 0.3) is 0 Å². The van der Waals surface area contributed by atoms with Crippen LogP contribution in [0.4, 0.5) is 0 Å². The van der Waals surface area contributed by atoms with Gasteiger partial charge in [-0.15, -0.1) is 11.3 Å². The first-order valence-corrected chi connectivity index (χ1v) is 9.34. The lowest BCUT2D eigenvalue weighted by molar-refractivity contribution is 0.294. The molecule has 112 valence electrons. The number of nitrogens with zero attached hydrogens (tertiary/aromatic N) is 2. The molecule has 1 unspecified atom stereocenters. The number of hydrogen-bond donors (Lipinski definition) is 0. The minimum atomic E-state index is -3.29. The Morgan fingerprint density at radius 2 is 1.90 bits per heavy atom. The monoisotopic (exact) mass is 314 g/mol. The van der Waals surface area contributed by atoms with Gasteiger partial charge in [0, 0.05) is 24.5 Å². The summed E-state index contributed by atoms with van der Waals surface area (Å²) in [6, 6.07) is 1.82. The molecule has 4 nitrogen and oxygen atoms in total. The zero-order valence-electron chi connectivity index (χ0n) is 12.3. The van der Waals surface area contributed by atoms with Gasteiger partial charge in [-0.25, -0.2) is 8.42 Å². The SMILES string of the molecule is Cc1cc(S(=O)(=O)N2CCC3(CCN(C)C3)C2)sc1C. The minimum absolute atomic E-state index is 0.198. The maximum atomic E-state index is 12.7. The van der Waals surface area contributed by atoms with E-state index in [0.29, 0.717) is 17.3 Å². The third-order valence-corrected chi connectivity index (χ3v) is 8.22. The summed E-state index contributed by atoms with van der Waals surface area (Å²) in [7, 11) is -1.17. The first-order chi connectivity index (χ1) is 9.32. The van der Waals surface area contributed by atoms with Crippen molar-refractivity contribution in [1.82, 2.24) is 9.21 Å². The maximum absolute atomic E-state index is 12.7. The number of hydrogen-bond acceptors (Lipinski definition) is 4. The molecule has 1 aromatic rings. The Hall–Kier alpha value is -0.430. The highest BCUT2D eigenvalue weighted by atomic mass is 32.2. The molecule has 1 spiro atoms. The van der Waals surface area contributed by atoms with Gasteiger partial charge in [-0.1, -0.05) is 0 Å². The Morgan fingerprint density at radius 3 is 2.45 bits per heavy atom. The molecule has 2 aliphatic heterocycles. The summed E-state index contributed by atoms with van der Waals surface area (Å²) >= 11 is 1.40. The van der Waals surface area contributed by atoms with Crippen molar-refractivity contribution < 1.29 is 8.42 Å². The van der Waals surface area contributed by atoms with E-state index in [2.05, 4.69) is 11.9 Å². The van der Waals surface area contributed by atoms with Crippen LogP contribution in [0.15, 0.2) is 10.3 Å². The Labute approximate surface area is 125 Å². The molecule has 0 N–H and O–H groups in total. The normalized spacial score (nSPS) is 28.8. The largest absolute Gasteiger partial charge is 0.306 e. The smallest absolute Gasteiger partial charge is 0.252 e. The predicted molar refractivity (Wildman–Crippen MR) is 81.7 cm³/mol. The summed E-state index contributed by atoms with van der Waals surface area (Å²) in [6.07, 6.45) is 2.12. The Balaban J connectivity index is 1.83. The molecule has 6 heteroatoms. The molecule has 3 heterocycles. The lowest BCUT2D eigenvalue weighted by Gasteiger charge is -2.23. The zero-order valence-corrected chi connectivity index (χ0v) is 14.0. The van der Waals surface area contributed by atoms with Gasteiger partial charge in [0.1, 0.15) is 4.21 Å². The highest BCUT2D eigenvalue weighted by molar-refractivity contribution is 7.91. The van der Waals surface area contributed by atoms with Crippen LogP contribution < -0.4 is 0 Å². The molecule has 0 bridgehead atoms. The van der Waals surface area contributed by atoms with Gasteiger partial charge >= 0.3 is 0 Å². The highest BCUT2D eigenvalue weighted by Crippen LogP contribution is 2.41. The fraction of sp³-hybridized carbons (Fsp3) is 0.714. The second kappa shape index (κ2) is 4.80. The van der Waals surface area contributed by atoms with Crippen LogP contribution >= 0.6 is 11.3 Å². The van der Waals surface area contributed by atoms with E-state index in [4.69, 9.17) is 0 Å². The molecule has 2 saturated heterocycles. The van der Waals surface area contributed by atoms with Gasteiger partial charge in [-0.3, -0.25) is 0 Å². The van der Waals surface area contributed by atoms with Crippen LogP contribution in [0.2, 0.25) is 0 Å². The van der Waals surface area contributed by atoms with Crippen LogP contribution in [0.5, 0.6) is 0 Å². The third-order valence-electron chi connectivity index (χ3n) is 4.77. The molecule has 0 saturated carbocycles. The van der Waals surface area contributed by atoms with Crippen molar-refractivity contribution in [2.24, 2.45) is 5.41 Å². The summed E-state index contributed by atoms with van der Waals surface area (Å²) in [5.41, 5.74) is 1.27. The Morgan fingerprint density at radius 1 is 1.20 bits per heavy atom. The Bertz CT molecular complexity index is 604. The molecule has 0 aliphatic carbocycles.